The van der Waals surface area contributed by atoms with Crippen LogP contribution in [0.15, 0.2) is 24.3 Å². The monoisotopic (exact) mass is 275 g/mol. The molecule has 0 heterocycles. The molecule has 0 spiro atoms. The van der Waals surface area contributed by atoms with Crippen molar-refractivity contribution < 1.29 is 4.74 Å². The van der Waals surface area contributed by atoms with E-state index in [2.05, 4.69) is 32.0 Å². The maximum absolute atomic E-state index is 6.73. The number of rotatable bonds is 6. The zero-order valence-corrected chi connectivity index (χ0v) is 13.0. The number of nitrogens with two attached hydrogens (primary N) is 1. The minimum Gasteiger partial charge on any atom is -0.493 e. The van der Waals surface area contributed by atoms with Crippen LogP contribution in [0.25, 0.3) is 0 Å². The van der Waals surface area contributed by atoms with E-state index in [1.807, 2.05) is 6.07 Å². The van der Waals surface area contributed by atoms with E-state index in [9.17, 15) is 0 Å². The smallest absolute Gasteiger partial charge is 0.124 e. The molecular weight excluding hydrogens is 246 g/mol. The minimum absolute atomic E-state index is 0.186. The summed E-state index contributed by atoms with van der Waals surface area (Å²) in [5.74, 6) is 1.87. The van der Waals surface area contributed by atoms with Gasteiger partial charge in [-0.1, -0.05) is 44.9 Å². The Morgan fingerprint density at radius 1 is 1.15 bits per heavy atom. The second kappa shape index (κ2) is 7.12. The van der Waals surface area contributed by atoms with Crippen LogP contribution >= 0.6 is 0 Å². The second-order valence-electron chi connectivity index (χ2n) is 6.23. The molecule has 2 nitrogen and oxygen atoms in total. The first-order valence-corrected chi connectivity index (χ1v) is 8.20. The molecule has 0 amide bonds. The molecular formula is C18H29NO. The van der Waals surface area contributed by atoms with Gasteiger partial charge < -0.3 is 10.5 Å². The SMILES string of the molecule is CCCOc1ccccc1C1(N)CCC(CCC)CC1. The molecule has 0 atom stereocenters. The third-order valence-corrected chi connectivity index (χ3v) is 4.58. The zero-order chi connectivity index (χ0) is 14.4. The average molecular weight is 275 g/mol. The highest BCUT2D eigenvalue weighted by molar-refractivity contribution is 5.39. The molecule has 1 saturated carbocycles. The summed E-state index contributed by atoms with van der Waals surface area (Å²) in [6.45, 7) is 5.18. The van der Waals surface area contributed by atoms with Crippen LogP contribution in [0.4, 0.5) is 0 Å². The lowest BCUT2D eigenvalue weighted by molar-refractivity contribution is 0.217. The van der Waals surface area contributed by atoms with Crippen molar-refractivity contribution in [3.8, 4) is 5.75 Å². The minimum atomic E-state index is -0.186. The maximum Gasteiger partial charge on any atom is 0.124 e. The zero-order valence-electron chi connectivity index (χ0n) is 13.0. The van der Waals surface area contributed by atoms with Crippen LogP contribution in [-0.2, 0) is 5.54 Å². The third kappa shape index (κ3) is 3.54. The van der Waals surface area contributed by atoms with Crippen LogP contribution in [0, 0.1) is 5.92 Å². The van der Waals surface area contributed by atoms with Crippen molar-refractivity contribution in [2.24, 2.45) is 11.7 Å². The van der Waals surface area contributed by atoms with E-state index < -0.39 is 0 Å². The topological polar surface area (TPSA) is 35.2 Å². The molecule has 2 rings (SSSR count). The molecule has 2 N–H and O–H groups in total. The predicted molar refractivity (Wildman–Crippen MR) is 85.0 cm³/mol. The summed E-state index contributed by atoms with van der Waals surface area (Å²) in [4.78, 5) is 0. The second-order valence-corrected chi connectivity index (χ2v) is 6.23. The molecule has 0 radical (unpaired) electrons. The molecule has 1 aliphatic rings. The van der Waals surface area contributed by atoms with E-state index in [0.717, 1.165) is 37.5 Å². The molecule has 1 aromatic rings. The highest BCUT2D eigenvalue weighted by Gasteiger charge is 2.34. The van der Waals surface area contributed by atoms with Gasteiger partial charge in [0, 0.05) is 11.1 Å². The Hall–Kier alpha value is -1.02. The van der Waals surface area contributed by atoms with Crippen molar-refractivity contribution in [3.63, 3.8) is 0 Å². The Kier molecular flexibility index (Phi) is 5.47. The van der Waals surface area contributed by atoms with Crippen molar-refractivity contribution >= 4 is 0 Å². The summed E-state index contributed by atoms with van der Waals surface area (Å²) in [5.41, 5.74) is 7.76. The van der Waals surface area contributed by atoms with Crippen LogP contribution in [0.1, 0.15) is 64.4 Å². The number of para-hydroxylation sites is 1. The molecule has 1 fully saturated rings. The average Bonchev–Trinajstić information content (AvgIpc) is 2.48. The van der Waals surface area contributed by atoms with Gasteiger partial charge in [0.25, 0.3) is 0 Å². The fraction of sp³-hybridized carbons (Fsp3) is 0.667. The largest absolute Gasteiger partial charge is 0.493 e. The standard InChI is InChI=1S/C18H29NO/c1-3-7-15-10-12-18(19,13-11-15)16-8-5-6-9-17(16)20-14-4-2/h5-6,8-9,15H,3-4,7,10-14,19H2,1-2H3. The van der Waals surface area contributed by atoms with Crippen LogP contribution in [0.5, 0.6) is 5.75 Å². The molecule has 0 aliphatic heterocycles. The molecule has 0 unspecified atom stereocenters. The highest BCUT2D eigenvalue weighted by atomic mass is 16.5. The van der Waals surface area contributed by atoms with Gasteiger partial charge in [-0.3, -0.25) is 0 Å². The molecule has 2 heteroatoms. The van der Waals surface area contributed by atoms with Crippen molar-refractivity contribution in [1.82, 2.24) is 0 Å². The van der Waals surface area contributed by atoms with Crippen LogP contribution in [0.3, 0.4) is 0 Å². The van der Waals surface area contributed by atoms with E-state index in [-0.39, 0.29) is 5.54 Å². The summed E-state index contributed by atoms with van der Waals surface area (Å²) in [6, 6.07) is 8.35. The lowest BCUT2D eigenvalue weighted by Gasteiger charge is -2.38. The maximum atomic E-state index is 6.73. The molecule has 20 heavy (non-hydrogen) atoms. The van der Waals surface area contributed by atoms with Gasteiger partial charge in [-0.2, -0.15) is 0 Å². The molecule has 0 saturated heterocycles. The van der Waals surface area contributed by atoms with Gasteiger partial charge in [0.2, 0.25) is 0 Å². The number of benzene rings is 1. The van der Waals surface area contributed by atoms with E-state index >= 15 is 0 Å². The van der Waals surface area contributed by atoms with Crippen LogP contribution in [0.2, 0.25) is 0 Å². The van der Waals surface area contributed by atoms with Gasteiger partial charge in [0.05, 0.1) is 6.61 Å². The summed E-state index contributed by atoms with van der Waals surface area (Å²) >= 11 is 0. The first-order valence-electron chi connectivity index (χ1n) is 8.20. The number of hydrogen-bond acceptors (Lipinski definition) is 2. The lowest BCUT2D eigenvalue weighted by Crippen LogP contribution is -2.40. The molecule has 0 bridgehead atoms. The van der Waals surface area contributed by atoms with Gasteiger partial charge in [-0.25, -0.2) is 0 Å². The Balaban J connectivity index is 2.10. The van der Waals surface area contributed by atoms with E-state index in [4.69, 9.17) is 10.5 Å². The predicted octanol–water partition coefficient (Wildman–Crippen LogP) is 4.62. The number of hydrogen-bond donors (Lipinski definition) is 1. The quantitative estimate of drug-likeness (QED) is 0.822. The van der Waals surface area contributed by atoms with Crippen molar-refractivity contribution in [2.45, 2.75) is 64.3 Å². The Morgan fingerprint density at radius 3 is 2.50 bits per heavy atom. The Bertz CT molecular complexity index is 408. The molecule has 1 aliphatic carbocycles. The third-order valence-electron chi connectivity index (χ3n) is 4.58. The van der Waals surface area contributed by atoms with Gasteiger partial charge >= 0.3 is 0 Å². The summed E-state index contributed by atoms with van der Waals surface area (Å²) in [6.07, 6.45) is 8.36. The Morgan fingerprint density at radius 2 is 1.85 bits per heavy atom. The highest BCUT2D eigenvalue weighted by Crippen LogP contribution is 2.42. The first-order chi connectivity index (χ1) is 9.69. The van der Waals surface area contributed by atoms with E-state index in [1.165, 1.54) is 31.2 Å². The van der Waals surface area contributed by atoms with Crippen molar-refractivity contribution in [1.29, 1.82) is 0 Å². The summed E-state index contributed by atoms with van der Waals surface area (Å²) in [7, 11) is 0. The van der Waals surface area contributed by atoms with Gasteiger partial charge in [-0.15, -0.1) is 0 Å². The lowest BCUT2D eigenvalue weighted by atomic mass is 9.72. The van der Waals surface area contributed by atoms with Gasteiger partial charge in [0.1, 0.15) is 5.75 Å². The first kappa shape index (κ1) is 15.4. The normalized spacial score (nSPS) is 26.4. The van der Waals surface area contributed by atoms with E-state index in [0.29, 0.717) is 0 Å². The van der Waals surface area contributed by atoms with Gasteiger partial charge in [-0.05, 0) is 44.1 Å². The molecule has 112 valence electrons. The fourth-order valence-corrected chi connectivity index (χ4v) is 3.37. The Labute approximate surface area is 123 Å². The molecule has 0 aromatic heterocycles. The summed E-state index contributed by atoms with van der Waals surface area (Å²) in [5, 5.41) is 0. The van der Waals surface area contributed by atoms with Crippen LogP contribution < -0.4 is 10.5 Å². The van der Waals surface area contributed by atoms with E-state index in [1.54, 1.807) is 0 Å². The van der Waals surface area contributed by atoms with Crippen LogP contribution in [-0.4, -0.2) is 6.61 Å². The number of ether oxygens (including phenoxy) is 1. The molecule has 1 aromatic carbocycles. The fourth-order valence-electron chi connectivity index (χ4n) is 3.37. The summed E-state index contributed by atoms with van der Waals surface area (Å²) < 4.78 is 5.90. The van der Waals surface area contributed by atoms with Crippen molar-refractivity contribution in [2.75, 3.05) is 6.61 Å². The van der Waals surface area contributed by atoms with Crippen molar-refractivity contribution in [3.05, 3.63) is 29.8 Å². The van der Waals surface area contributed by atoms with Gasteiger partial charge in [0.15, 0.2) is 0 Å².